The highest BCUT2D eigenvalue weighted by Gasteiger charge is 2.21. The van der Waals surface area contributed by atoms with Crippen molar-refractivity contribution in [3.8, 4) is 0 Å². The minimum absolute atomic E-state index is 0.170. The van der Waals surface area contributed by atoms with Crippen LogP contribution in [0.5, 0.6) is 0 Å². The average Bonchev–Trinajstić information content (AvgIpc) is 2.39. The number of piperidine rings is 1. The SMILES string of the molecule is CN(CC1CCNCC1)c1ccc(F)cc1[N+](=O)[O-]. The highest BCUT2D eigenvalue weighted by Crippen LogP contribution is 2.29. The summed E-state index contributed by atoms with van der Waals surface area (Å²) in [5.74, 6) is -0.0541. The lowest BCUT2D eigenvalue weighted by Crippen LogP contribution is -2.34. The smallest absolute Gasteiger partial charge is 0.295 e. The van der Waals surface area contributed by atoms with Gasteiger partial charge < -0.3 is 10.2 Å². The molecule has 0 atom stereocenters. The molecule has 0 aromatic heterocycles. The first-order valence-electron chi connectivity index (χ1n) is 6.43. The molecule has 1 saturated heterocycles. The molecule has 1 aromatic rings. The number of hydrogen-bond donors (Lipinski definition) is 1. The Balaban J connectivity index is 2.13. The summed E-state index contributed by atoms with van der Waals surface area (Å²) in [7, 11) is 1.82. The van der Waals surface area contributed by atoms with Crippen LogP contribution < -0.4 is 10.2 Å². The molecule has 5 nitrogen and oxygen atoms in total. The largest absolute Gasteiger partial charge is 0.369 e. The van der Waals surface area contributed by atoms with E-state index in [2.05, 4.69) is 5.32 Å². The van der Waals surface area contributed by atoms with Crippen LogP contribution in [0.1, 0.15) is 12.8 Å². The molecule has 19 heavy (non-hydrogen) atoms. The molecule has 0 amide bonds. The normalized spacial score (nSPS) is 16.3. The van der Waals surface area contributed by atoms with Crippen LogP contribution >= 0.6 is 0 Å². The molecule has 6 heteroatoms. The molecule has 0 saturated carbocycles. The van der Waals surface area contributed by atoms with Crippen molar-refractivity contribution in [3.05, 3.63) is 34.1 Å². The maximum atomic E-state index is 13.1. The highest BCUT2D eigenvalue weighted by molar-refractivity contribution is 5.62. The molecule has 0 unspecified atom stereocenters. The Hall–Kier alpha value is -1.69. The first kappa shape index (κ1) is 13.7. The monoisotopic (exact) mass is 267 g/mol. The van der Waals surface area contributed by atoms with E-state index in [4.69, 9.17) is 0 Å². The zero-order chi connectivity index (χ0) is 13.8. The van der Waals surface area contributed by atoms with E-state index < -0.39 is 10.7 Å². The molecule has 1 aliphatic heterocycles. The van der Waals surface area contributed by atoms with Gasteiger partial charge in [-0.15, -0.1) is 0 Å². The van der Waals surface area contributed by atoms with E-state index in [1.54, 1.807) is 0 Å². The van der Waals surface area contributed by atoms with Crippen LogP contribution in [-0.4, -0.2) is 31.6 Å². The van der Waals surface area contributed by atoms with Gasteiger partial charge in [0.15, 0.2) is 0 Å². The van der Waals surface area contributed by atoms with E-state index in [0.29, 0.717) is 11.6 Å². The summed E-state index contributed by atoms with van der Waals surface area (Å²) in [5.41, 5.74) is 0.307. The van der Waals surface area contributed by atoms with Gasteiger partial charge in [0, 0.05) is 13.6 Å². The van der Waals surface area contributed by atoms with Gasteiger partial charge >= 0.3 is 0 Å². The Kier molecular flexibility index (Phi) is 4.31. The molecule has 0 radical (unpaired) electrons. The maximum absolute atomic E-state index is 13.1. The lowest BCUT2D eigenvalue weighted by Gasteiger charge is -2.28. The molecule has 1 fully saturated rings. The van der Waals surface area contributed by atoms with Crippen molar-refractivity contribution in [3.63, 3.8) is 0 Å². The molecule has 2 rings (SSSR count). The zero-order valence-corrected chi connectivity index (χ0v) is 10.9. The molecular formula is C13H18FN3O2. The van der Waals surface area contributed by atoms with Gasteiger partial charge in [-0.1, -0.05) is 0 Å². The van der Waals surface area contributed by atoms with Crippen LogP contribution in [0, 0.1) is 21.8 Å². The molecule has 1 heterocycles. The fourth-order valence-electron chi connectivity index (χ4n) is 2.52. The summed E-state index contributed by atoms with van der Waals surface area (Å²) >= 11 is 0. The molecule has 1 aromatic carbocycles. The third kappa shape index (κ3) is 3.41. The fourth-order valence-corrected chi connectivity index (χ4v) is 2.52. The lowest BCUT2D eigenvalue weighted by molar-refractivity contribution is -0.384. The van der Waals surface area contributed by atoms with Crippen molar-refractivity contribution in [2.75, 3.05) is 31.6 Å². The number of benzene rings is 1. The first-order chi connectivity index (χ1) is 9.08. The fraction of sp³-hybridized carbons (Fsp3) is 0.538. The van der Waals surface area contributed by atoms with Crippen molar-refractivity contribution in [1.29, 1.82) is 0 Å². The molecular weight excluding hydrogens is 249 g/mol. The van der Waals surface area contributed by atoms with Crippen LogP contribution in [0.25, 0.3) is 0 Å². The van der Waals surface area contributed by atoms with Crippen molar-refractivity contribution < 1.29 is 9.31 Å². The Bertz CT molecular complexity index is 461. The Morgan fingerprint density at radius 2 is 2.16 bits per heavy atom. The maximum Gasteiger partial charge on any atom is 0.295 e. The molecule has 1 aliphatic rings. The molecule has 0 aliphatic carbocycles. The van der Waals surface area contributed by atoms with Gasteiger partial charge in [-0.2, -0.15) is 0 Å². The number of anilines is 1. The second-order valence-electron chi connectivity index (χ2n) is 4.96. The predicted octanol–water partition coefficient (Wildman–Crippen LogP) is 2.17. The standard InChI is InChI=1S/C13H18FN3O2/c1-16(9-10-4-6-15-7-5-10)12-3-2-11(14)8-13(12)17(18)19/h2-3,8,10,15H,4-7,9H2,1H3. The van der Waals surface area contributed by atoms with E-state index in [1.807, 2.05) is 11.9 Å². The zero-order valence-electron chi connectivity index (χ0n) is 10.9. The van der Waals surface area contributed by atoms with Crippen LogP contribution in [0.4, 0.5) is 15.8 Å². The Morgan fingerprint density at radius 1 is 1.47 bits per heavy atom. The highest BCUT2D eigenvalue weighted by atomic mass is 19.1. The topological polar surface area (TPSA) is 58.4 Å². The molecule has 0 bridgehead atoms. The van der Waals surface area contributed by atoms with E-state index in [0.717, 1.165) is 38.5 Å². The molecule has 0 spiro atoms. The van der Waals surface area contributed by atoms with Crippen LogP contribution in [-0.2, 0) is 0 Å². The number of halogens is 1. The third-order valence-electron chi connectivity index (χ3n) is 3.54. The number of nitro groups is 1. The van der Waals surface area contributed by atoms with Crippen molar-refractivity contribution in [2.45, 2.75) is 12.8 Å². The third-order valence-corrected chi connectivity index (χ3v) is 3.54. The van der Waals surface area contributed by atoms with Gasteiger partial charge in [0.05, 0.1) is 11.0 Å². The van der Waals surface area contributed by atoms with E-state index >= 15 is 0 Å². The second kappa shape index (κ2) is 5.97. The van der Waals surface area contributed by atoms with E-state index in [-0.39, 0.29) is 5.69 Å². The number of nitrogens with one attached hydrogen (secondary N) is 1. The molecule has 1 N–H and O–H groups in total. The summed E-state index contributed by atoms with van der Waals surface area (Å²) in [5, 5.41) is 14.3. The Labute approximate surface area is 111 Å². The van der Waals surface area contributed by atoms with Crippen LogP contribution in [0.3, 0.4) is 0 Å². The summed E-state index contributed by atoms with van der Waals surface area (Å²) in [6.45, 7) is 2.74. The van der Waals surface area contributed by atoms with Gasteiger partial charge in [-0.25, -0.2) is 4.39 Å². The quantitative estimate of drug-likeness (QED) is 0.671. The number of nitrogens with zero attached hydrogens (tertiary/aromatic N) is 2. The number of rotatable bonds is 4. The van der Waals surface area contributed by atoms with Crippen LogP contribution in [0.2, 0.25) is 0 Å². The van der Waals surface area contributed by atoms with Crippen molar-refractivity contribution >= 4 is 11.4 Å². The van der Waals surface area contributed by atoms with Gasteiger partial charge in [-0.3, -0.25) is 10.1 Å². The van der Waals surface area contributed by atoms with Crippen LogP contribution in [0.15, 0.2) is 18.2 Å². The van der Waals surface area contributed by atoms with Gasteiger partial charge in [0.2, 0.25) is 0 Å². The summed E-state index contributed by atoms with van der Waals surface area (Å²) in [4.78, 5) is 12.3. The van der Waals surface area contributed by atoms with Crippen molar-refractivity contribution in [1.82, 2.24) is 5.32 Å². The second-order valence-corrected chi connectivity index (χ2v) is 4.96. The van der Waals surface area contributed by atoms with E-state index in [9.17, 15) is 14.5 Å². The van der Waals surface area contributed by atoms with Gasteiger partial charge in [-0.05, 0) is 44.0 Å². The lowest BCUT2D eigenvalue weighted by atomic mass is 9.97. The summed E-state index contributed by atoms with van der Waals surface area (Å²) in [6.07, 6.45) is 2.14. The molecule has 104 valence electrons. The van der Waals surface area contributed by atoms with Crippen molar-refractivity contribution in [2.24, 2.45) is 5.92 Å². The average molecular weight is 267 g/mol. The number of hydrogen-bond acceptors (Lipinski definition) is 4. The number of nitro benzene ring substituents is 1. The van der Waals surface area contributed by atoms with Gasteiger partial charge in [0.25, 0.3) is 5.69 Å². The van der Waals surface area contributed by atoms with E-state index in [1.165, 1.54) is 12.1 Å². The van der Waals surface area contributed by atoms with Gasteiger partial charge in [0.1, 0.15) is 11.5 Å². The first-order valence-corrected chi connectivity index (χ1v) is 6.43. The Morgan fingerprint density at radius 3 is 2.79 bits per heavy atom. The minimum Gasteiger partial charge on any atom is -0.369 e. The minimum atomic E-state index is -0.578. The predicted molar refractivity (Wildman–Crippen MR) is 71.9 cm³/mol. The summed E-state index contributed by atoms with van der Waals surface area (Å²) in [6, 6.07) is 3.73. The summed E-state index contributed by atoms with van der Waals surface area (Å²) < 4.78 is 13.1.